The Morgan fingerprint density at radius 3 is 1.58 bits per heavy atom. The van der Waals surface area contributed by atoms with Gasteiger partial charge < -0.3 is 9.68 Å². The molecule has 0 unspecified atom stereocenters. The molecule has 0 aromatic rings. The normalized spacial score (nSPS) is 10.2. The molecule has 0 bridgehead atoms. The number of carbonyl (C=O) groups is 2. The van der Waals surface area contributed by atoms with Crippen molar-refractivity contribution in [1.29, 1.82) is 0 Å². The maximum Gasteiger partial charge on any atom is 0.335 e. The van der Waals surface area contributed by atoms with Gasteiger partial charge in [-0.2, -0.15) is 11.0 Å². The van der Waals surface area contributed by atoms with Gasteiger partial charge in [0, 0.05) is 13.1 Å². The monoisotopic (exact) mass is 274 g/mol. The van der Waals surface area contributed by atoms with E-state index in [1.54, 1.807) is 0 Å². The van der Waals surface area contributed by atoms with Crippen molar-refractivity contribution in [2.45, 2.75) is 58.8 Å². The zero-order valence-corrected chi connectivity index (χ0v) is 12.0. The number of unbranched alkanes of at least 4 members (excludes halogenated alkanes) is 4. The molecule has 2 N–H and O–H groups in total. The van der Waals surface area contributed by atoms with Crippen LogP contribution in [0.4, 0.5) is 0 Å². The van der Waals surface area contributed by atoms with E-state index in [0.29, 0.717) is 13.1 Å². The SMILES string of the molecule is CCCCCNOC(=O)CC(=O)ONCCCCC. The first kappa shape index (κ1) is 17.9. The van der Waals surface area contributed by atoms with Gasteiger partial charge in [-0.3, -0.25) is 0 Å². The molecule has 0 amide bonds. The number of hydrogen-bond donors (Lipinski definition) is 2. The van der Waals surface area contributed by atoms with E-state index in [-0.39, 0.29) is 6.42 Å². The fraction of sp³-hybridized carbons (Fsp3) is 0.846. The summed E-state index contributed by atoms with van der Waals surface area (Å²) in [5, 5.41) is 0. The summed E-state index contributed by atoms with van der Waals surface area (Å²) in [6, 6.07) is 0. The minimum absolute atomic E-state index is 0.387. The number of hydrogen-bond acceptors (Lipinski definition) is 6. The Morgan fingerprint density at radius 2 is 1.21 bits per heavy atom. The van der Waals surface area contributed by atoms with Gasteiger partial charge in [0.2, 0.25) is 0 Å². The van der Waals surface area contributed by atoms with Crippen LogP contribution in [0.3, 0.4) is 0 Å². The van der Waals surface area contributed by atoms with Crippen LogP contribution in [0, 0.1) is 0 Å². The first-order chi connectivity index (χ1) is 9.20. The maximum atomic E-state index is 11.2. The van der Waals surface area contributed by atoms with E-state index in [9.17, 15) is 9.59 Å². The third-order valence-electron chi connectivity index (χ3n) is 2.43. The summed E-state index contributed by atoms with van der Waals surface area (Å²) in [5.41, 5.74) is 5.06. The zero-order valence-electron chi connectivity index (χ0n) is 12.0. The van der Waals surface area contributed by atoms with Crippen LogP contribution >= 0.6 is 0 Å². The largest absolute Gasteiger partial charge is 0.370 e. The Morgan fingerprint density at radius 1 is 0.789 bits per heavy atom. The predicted octanol–water partition coefficient (Wildman–Crippen LogP) is 1.85. The van der Waals surface area contributed by atoms with Gasteiger partial charge in [-0.05, 0) is 12.8 Å². The van der Waals surface area contributed by atoms with Crippen molar-refractivity contribution in [3.05, 3.63) is 0 Å². The highest BCUT2D eigenvalue weighted by Gasteiger charge is 2.12. The average molecular weight is 274 g/mol. The highest BCUT2D eigenvalue weighted by atomic mass is 16.7. The van der Waals surface area contributed by atoms with Crippen molar-refractivity contribution in [2.75, 3.05) is 13.1 Å². The van der Waals surface area contributed by atoms with Crippen LogP contribution < -0.4 is 11.0 Å². The number of hydroxylamine groups is 2. The zero-order chi connectivity index (χ0) is 14.3. The number of nitrogens with one attached hydrogen (secondary N) is 2. The predicted molar refractivity (Wildman–Crippen MR) is 71.9 cm³/mol. The van der Waals surface area contributed by atoms with Crippen molar-refractivity contribution < 1.29 is 19.3 Å². The fourth-order valence-electron chi connectivity index (χ4n) is 1.35. The van der Waals surface area contributed by atoms with Crippen molar-refractivity contribution in [2.24, 2.45) is 0 Å². The molecule has 0 aliphatic carbocycles. The van der Waals surface area contributed by atoms with Crippen molar-refractivity contribution >= 4 is 11.9 Å². The van der Waals surface area contributed by atoms with Crippen LogP contribution in [-0.4, -0.2) is 25.0 Å². The van der Waals surface area contributed by atoms with E-state index in [2.05, 4.69) is 34.5 Å². The molecule has 0 saturated heterocycles. The lowest BCUT2D eigenvalue weighted by Crippen LogP contribution is -2.26. The van der Waals surface area contributed by atoms with E-state index < -0.39 is 11.9 Å². The van der Waals surface area contributed by atoms with Crippen LogP contribution in [-0.2, 0) is 19.3 Å². The molecule has 6 heteroatoms. The lowest BCUT2D eigenvalue weighted by Gasteiger charge is -2.06. The van der Waals surface area contributed by atoms with Gasteiger partial charge in [0.15, 0.2) is 0 Å². The van der Waals surface area contributed by atoms with Crippen LogP contribution in [0.25, 0.3) is 0 Å². The molecule has 0 aromatic heterocycles. The summed E-state index contributed by atoms with van der Waals surface area (Å²) in [5.74, 6) is -1.26. The maximum absolute atomic E-state index is 11.2. The smallest absolute Gasteiger partial charge is 0.335 e. The fourth-order valence-corrected chi connectivity index (χ4v) is 1.35. The summed E-state index contributed by atoms with van der Waals surface area (Å²) in [7, 11) is 0. The van der Waals surface area contributed by atoms with Gasteiger partial charge in [0.25, 0.3) is 0 Å². The van der Waals surface area contributed by atoms with E-state index in [1.807, 2.05) is 0 Å². The summed E-state index contributed by atoms with van der Waals surface area (Å²) < 4.78 is 0. The third-order valence-corrected chi connectivity index (χ3v) is 2.43. The van der Waals surface area contributed by atoms with Crippen molar-refractivity contribution in [1.82, 2.24) is 11.0 Å². The summed E-state index contributed by atoms with van der Waals surface area (Å²) in [6.45, 7) is 5.39. The molecular formula is C13H26N2O4. The molecule has 0 atom stereocenters. The molecule has 0 aliphatic heterocycles. The van der Waals surface area contributed by atoms with E-state index in [4.69, 9.17) is 0 Å². The number of carbonyl (C=O) groups excluding carboxylic acids is 2. The van der Waals surface area contributed by atoms with Crippen LogP contribution in [0.1, 0.15) is 58.8 Å². The molecule has 0 spiro atoms. The molecule has 0 rings (SSSR count). The first-order valence-corrected chi connectivity index (χ1v) is 7.05. The molecule has 6 nitrogen and oxygen atoms in total. The number of rotatable bonds is 12. The van der Waals surface area contributed by atoms with Gasteiger partial charge in [-0.15, -0.1) is 0 Å². The molecular weight excluding hydrogens is 248 g/mol. The molecule has 0 aromatic carbocycles. The molecule has 0 heterocycles. The molecule has 0 fully saturated rings. The Hall–Kier alpha value is -1.14. The molecule has 19 heavy (non-hydrogen) atoms. The minimum atomic E-state index is -0.628. The van der Waals surface area contributed by atoms with Gasteiger partial charge in [-0.1, -0.05) is 39.5 Å². The molecule has 112 valence electrons. The standard InChI is InChI=1S/C13H26N2O4/c1-3-5-7-9-14-18-12(16)11-13(17)19-15-10-8-6-4-2/h14-15H,3-11H2,1-2H3. The minimum Gasteiger partial charge on any atom is -0.370 e. The summed E-state index contributed by atoms with van der Waals surface area (Å²) in [6.07, 6.45) is 5.85. The van der Waals surface area contributed by atoms with E-state index in [1.165, 1.54) is 0 Å². The van der Waals surface area contributed by atoms with Crippen molar-refractivity contribution in [3.63, 3.8) is 0 Å². The second-order valence-corrected chi connectivity index (χ2v) is 4.33. The van der Waals surface area contributed by atoms with Crippen molar-refractivity contribution in [3.8, 4) is 0 Å². The quantitative estimate of drug-likeness (QED) is 0.321. The Bertz CT molecular complexity index is 223. The Kier molecular flexibility index (Phi) is 12.5. The van der Waals surface area contributed by atoms with Gasteiger partial charge >= 0.3 is 11.9 Å². The third kappa shape index (κ3) is 13.1. The lowest BCUT2D eigenvalue weighted by atomic mass is 10.3. The highest BCUT2D eigenvalue weighted by molar-refractivity contribution is 5.90. The second kappa shape index (κ2) is 13.3. The van der Waals surface area contributed by atoms with Gasteiger partial charge in [0.1, 0.15) is 6.42 Å². The Labute approximate surface area is 115 Å². The molecule has 0 saturated carbocycles. The second-order valence-electron chi connectivity index (χ2n) is 4.33. The van der Waals surface area contributed by atoms with E-state index in [0.717, 1.165) is 38.5 Å². The summed E-state index contributed by atoms with van der Waals surface area (Å²) in [4.78, 5) is 31.8. The van der Waals surface area contributed by atoms with Crippen LogP contribution in [0.15, 0.2) is 0 Å². The summed E-state index contributed by atoms with van der Waals surface area (Å²) >= 11 is 0. The lowest BCUT2D eigenvalue weighted by molar-refractivity contribution is -0.162. The molecule has 0 aliphatic rings. The first-order valence-electron chi connectivity index (χ1n) is 7.05. The Balaban J connectivity index is 3.40. The van der Waals surface area contributed by atoms with E-state index >= 15 is 0 Å². The van der Waals surface area contributed by atoms with Gasteiger partial charge in [0.05, 0.1) is 0 Å². The highest BCUT2D eigenvalue weighted by Crippen LogP contribution is 1.93. The van der Waals surface area contributed by atoms with Gasteiger partial charge in [-0.25, -0.2) is 9.59 Å². The topological polar surface area (TPSA) is 76.7 Å². The molecule has 0 radical (unpaired) electrons. The van der Waals surface area contributed by atoms with Crippen LogP contribution in [0.5, 0.6) is 0 Å². The van der Waals surface area contributed by atoms with Crippen LogP contribution in [0.2, 0.25) is 0 Å². The average Bonchev–Trinajstić information content (AvgIpc) is 2.38.